The summed E-state index contributed by atoms with van der Waals surface area (Å²) in [6.07, 6.45) is -2.21. The maximum absolute atomic E-state index is 12.9. The van der Waals surface area contributed by atoms with Gasteiger partial charge in [0.15, 0.2) is 5.96 Å². The lowest BCUT2D eigenvalue weighted by Gasteiger charge is -2.22. The number of nitrogens with zero attached hydrogens (tertiary/aromatic N) is 1. The summed E-state index contributed by atoms with van der Waals surface area (Å²) in [7, 11) is 0. The minimum Gasteiger partial charge on any atom is -0.381 e. The molecule has 1 heterocycles. The first-order valence-electron chi connectivity index (χ1n) is 10.9. The smallest absolute Gasteiger partial charge is 0.381 e. The molecule has 1 aliphatic rings. The molecular weight excluding hydrogens is 419 g/mol. The zero-order chi connectivity index (χ0) is 22.8. The fourth-order valence-electron chi connectivity index (χ4n) is 3.35. The molecule has 0 aromatic heterocycles. The number of halogens is 3. The molecule has 0 spiro atoms. The monoisotopic (exact) mass is 449 g/mol. The van der Waals surface area contributed by atoms with Gasteiger partial charge in [0.1, 0.15) is 0 Å². The van der Waals surface area contributed by atoms with Gasteiger partial charge in [-0.1, -0.05) is 36.4 Å². The van der Waals surface area contributed by atoms with Gasteiger partial charge in [-0.3, -0.25) is 0 Å². The summed E-state index contributed by atoms with van der Waals surface area (Å²) < 4.78 is 50.0. The standard InChI is InChI=1S/C24H30F3N3O2/c1-2-28-23(30-16-20-4-3-5-21(14-20)24(25,26)27)29-15-18-6-8-19(9-7-18)17-32-22-10-12-31-13-11-22/h3-9,14,22H,2,10-13,15-17H2,1H3,(H2,28,29,30). The van der Waals surface area contributed by atoms with Crippen LogP contribution >= 0.6 is 0 Å². The number of ether oxygens (including phenoxy) is 2. The van der Waals surface area contributed by atoms with Gasteiger partial charge in [-0.15, -0.1) is 0 Å². The van der Waals surface area contributed by atoms with Crippen molar-refractivity contribution in [3.63, 3.8) is 0 Å². The summed E-state index contributed by atoms with van der Waals surface area (Å²) >= 11 is 0. The van der Waals surface area contributed by atoms with Crippen LogP contribution in [0.1, 0.15) is 42.0 Å². The van der Waals surface area contributed by atoms with Crippen molar-refractivity contribution in [2.75, 3.05) is 19.8 Å². The summed E-state index contributed by atoms with van der Waals surface area (Å²) in [5.74, 6) is 0.553. The Balaban J connectivity index is 1.51. The van der Waals surface area contributed by atoms with Gasteiger partial charge < -0.3 is 20.1 Å². The lowest BCUT2D eigenvalue weighted by atomic mass is 10.1. The van der Waals surface area contributed by atoms with E-state index < -0.39 is 11.7 Å². The van der Waals surface area contributed by atoms with Crippen molar-refractivity contribution in [3.05, 3.63) is 70.8 Å². The molecule has 2 aromatic carbocycles. The van der Waals surface area contributed by atoms with Crippen molar-refractivity contribution in [3.8, 4) is 0 Å². The Morgan fingerprint density at radius 3 is 2.44 bits per heavy atom. The molecule has 1 fully saturated rings. The molecule has 32 heavy (non-hydrogen) atoms. The number of rotatable bonds is 8. The third-order valence-electron chi connectivity index (χ3n) is 5.16. The highest BCUT2D eigenvalue weighted by Gasteiger charge is 2.30. The van der Waals surface area contributed by atoms with E-state index in [4.69, 9.17) is 9.47 Å². The molecule has 0 aliphatic carbocycles. The molecule has 0 radical (unpaired) electrons. The third kappa shape index (κ3) is 7.84. The van der Waals surface area contributed by atoms with Crippen molar-refractivity contribution < 1.29 is 22.6 Å². The van der Waals surface area contributed by atoms with Gasteiger partial charge in [0, 0.05) is 26.3 Å². The van der Waals surface area contributed by atoms with Crippen molar-refractivity contribution in [1.29, 1.82) is 0 Å². The Bertz CT molecular complexity index is 864. The summed E-state index contributed by atoms with van der Waals surface area (Å²) in [4.78, 5) is 4.42. The molecular formula is C24H30F3N3O2. The first-order chi connectivity index (χ1) is 15.4. The molecule has 0 atom stereocenters. The highest BCUT2D eigenvalue weighted by molar-refractivity contribution is 5.79. The first kappa shape index (κ1) is 24.1. The SMILES string of the molecule is CCNC(=NCc1cccc(C(F)(F)F)c1)NCc1ccc(COC2CCOCC2)cc1. The molecule has 0 unspecified atom stereocenters. The van der Waals surface area contributed by atoms with E-state index in [-0.39, 0.29) is 12.6 Å². The molecule has 1 saturated heterocycles. The van der Waals surface area contributed by atoms with E-state index in [1.165, 1.54) is 6.07 Å². The van der Waals surface area contributed by atoms with Gasteiger partial charge in [-0.05, 0) is 48.6 Å². The molecule has 174 valence electrons. The van der Waals surface area contributed by atoms with Crippen molar-refractivity contribution in [1.82, 2.24) is 10.6 Å². The number of hydrogen-bond acceptors (Lipinski definition) is 3. The van der Waals surface area contributed by atoms with Crippen LogP contribution in [0, 0.1) is 0 Å². The summed E-state index contributed by atoms with van der Waals surface area (Å²) in [5.41, 5.74) is 2.03. The maximum Gasteiger partial charge on any atom is 0.416 e. The molecule has 0 bridgehead atoms. The Morgan fingerprint density at radius 2 is 1.75 bits per heavy atom. The van der Waals surface area contributed by atoms with Crippen LogP contribution in [0.15, 0.2) is 53.5 Å². The molecule has 8 heteroatoms. The largest absolute Gasteiger partial charge is 0.416 e. The Hall–Kier alpha value is -2.58. The van der Waals surface area contributed by atoms with Gasteiger partial charge in [0.2, 0.25) is 0 Å². The van der Waals surface area contributed by atoms with Crippen molar-refractivity contribution >= 4 is 5.96 Å². The fourth-order valence-corrected chi connectivity index (χ4v) is 3.35. The van der Waals surface area contributed by atoms with E-state index in [1.807, 2.05) is 31.2 Å². The first-order valence-corrected chi connectivity index (χ1v) is 10.9. The number of hydrogen-bond donors (Lipinski definition) is 2. The Kier molecular flexibility index (Phi) is 8.93. The van der Waals surface area contributed by atoms with E-state index in [9.17, 15) is 13.2 Å². The average molecular weight is 450 g/mol. The van der Waals surface area contributed by atoms with Crippen LogP contribution in [0.25, 0.3) is 0 Å². The highest BCUT2D eigenvalue weighted by atomic mass is 19.4. The van der Waals surface area contributed by atoms with Crippen molar-refractivity contribution in [2.45, 2.75) is 51.7 Å². The van der Waals surface area contributed by atoms with Gasteiger partial charge >= 0.3 is 6.18 Å². The molecule has 0 amide bonds. The second-order valence-corrected chi connectivity index (χ2v) is 7.69. The maximum atomic E-state index is 12.9. The van der Waals surface area contributed by atoms with Gasteiger partial charge in [0.05, 0.1) is 24.8 Å². The summed E-state index contributed by atoms with van der Waals surface area (Å²) in [6, 6.07) is 13.4. The molecule has 3 rings (SSSR count). The van der Waals surface area contributed by atoms with Crippen LogP contribution in [0.4, 0.5) is 13.2 Å². The average Bonchev–Trinajstić information content (AvgIpc) is 2.80. The van der Waals surface area contributed by atoms with E-state index in [2.05, 4.69) is 15.6 Å². The number of aliphatic imine (C=N–C) groups is 1. The Labute approximate surface area is 187 Å². The molecule has 1 aliphatic heterocycles. The van der Waals surface area contributed by atoms with Crippen LogP contribution in [-0.4, -0.2) is 31.8 Å². The topological polar surface area (TPSA) is 54.9 Å². The van der Waals surface area contributed by atoms with E-state index in [0.717, 1.165) is 49.3 Å². The van der Waals surface area contributed by atoms with Gasteiger partial charge in [0.25, 0.3) is 0 Å². The summed E-state index contributed by atoms with van der Waals surface area (Å²) in [5, 5.41) is 6.35. The zero-order valence-corrected chi connectivity index (χ0v) is 18.3. The van der Waals surface area contributed by atoms with Crippen LogP contribution in [0.5, 0.6) is 0 Å². The highest BCUT2D eigenvalue weighted by Crippen LogP contribution is 2.29. The molecule has 2 aromatic rings. The van der Waals surface area contributed by atoms with Crippen molar-refractivity contribution in [2.24, 2.45) is 4.99 Å². The van der Waals surface area contributed by atoms with Gasteiger partial charge in [-0.2, -0.15) is 13.2 Å². The number of alkyl halides is 3. The van der Waals surface area contributed by atoms with Crippen LogP contribution in [-0.2, 0) is 35.3 Å². The van der Waals surface area contributed by atoms with E-state index in [1.54, 1.807) is 6.07 Å². The second kappa shape index (κ2) is 11.9. The predicted molar refractivity (Wildman–Crippen MR) is 118 cm³/mol. The van der Waals surface area contributed by atoms with E-state index in [0.29, 0.717) is 31.2 Å². The quantitative estimate of drug-likeness (QED) is 0.455. The van der Waals surface area contributed by atoms with Crippen LogP contribution < -0.4 is 10.6 Å². The number of guanidine groups is 1. The zero-order valence-electron chi connectivity index (χ0n) is 18.3. The number of benzene rings is 2. The second-order valence-electron chi connectivity index (χ2n) is 7.69. The lowest BCUT2D eigenvalue weighted by Crippen LogP contribution is -2.36. The third-order valence-corrected chi connectivity index (χ3v) is 5.16. The predicted octanol–water partition coefficient (Wildman–Crippen LogP) is 4.66. The fraction of sp³-hybridized carbons (Fsp3) is 0.458. The molecule has 5 nitrogen and oxygen atoms in total. The normalized spacial score (nSPS) is 15.6. The minimum atomic E-state index is -4.36. The lowest BCUT2D eigenvalue weighted by molar-refractivity contribution is -0.137. The van der Waals surface area contributed by atoms with Gasteiger partial charge in [-0.25, -0.2) is 4.99 Å². The van der Waals surface area contributed by atoms with Crippen LogP contribution in [0.3, 0.4) is 0 Å². The molecule has 2 N–H and O–H groups in total. The summed E-state index contributed by atoms with van der Waals surface area (Å²) in [6.45, 7) is 5.40. The number of nitrogens with one attached hydrogen (secondary N) is 2. The van der Waals surface area contributed by atoms with E-state index >= 15 is 0 Å². The van der Waals surface area contributed by atoms with Crippen LogP contribution in [0.2, 0.25) is 0 Å². The minimum absolute atomic E-state index is 0.155. The molecule has 0 saturated carbocycles. The Morgan fingerprint density at radius 1 is 1.03 bits per heavy atom.